The number of rotatable bonds is 6. The van der Waals surface area contributed by atoms with Crippen molar-refractivity contribution >= 4 is 5.97 Å². The second-order valence-corrected chi connectivity index (χ2v) is 4.02. The molecule has 0 bridgehead atoms. The quantitative estimate of drug-likeness (QED) is 0.790. The van der Waals surface area contributed by atoms with Crippen LogP contribution >= 0.6 is 0 Å². The van der Waals surface area contributed by atoms with Crippen LogP contribution in [0.1, 0.15) is 38.9 Å². The lowest BCUT2D eigenvalue weighted by atomic mass is 10.1. The number of aliphatic hydroxyl groups is 1. The highest BCUT2D eigenvalue weighted by Gasteiger charge is 2.19. The normalized spacial score (nSPS) is 13.8. The Bertz CT molecular complexity index is 387. The van der Waals surface area contributed by atoms with Gasteiger partial charge in [-0.3, -0.25) is 0 Å². The van der Waals surface area contributed by atoms with E-state index in [1.807, 2.05) is 13.0 Å². The van der Waals surface area contributed by atoms with Gasteiger partial charge in [-0.05, 0) is 38.0 Å². The Morgan fingerprint density at radius 1 is 1.39 bits per heavy atom. The Balaban J connectivity index is 2.75. The van der Waals surface area contributed by atoms with Crippen LogP contribution in [0.25, 0.3) is 0 Å². The summed E-state index contributed by atoms with van der Waals surface area (Å²) in [7, 11) is 0. The summed E-state index contributed by atoms with van der Waals surface area (Å²) in [4.78, 5) is 11.6. The fraction of sp³-hybridized carbons (Fsp3) is 0.500. The van der Waals surface area contributed by atoms with Crippen molar-refractivity contribution in [3.05, 3.63) is 29.8 Å². The summed E-state index contributed by atoms with van der Waals surface area (Å²) in [6.07, 6.45) is -0.622. The Labute approximate surface area is 108 Å². The van der Waals surface area contributed by atoms with Gasteiger partial charge in [0.2, 0.25) is 0 Å². The Kier molecular flexibility index (Phi) is 5.65. The maximum absolute atomic E-state index is 11.6. The lowest BCUT2D eigenvalue weighted by Crippen LogP contribution is -2.28. The van der Waals surface area contributed by atoms with Crippen LogP contribution in [0.3, 0.4) is 0 Å². The number of benzene rings is 1. The number of aliphatic hydroxyl groups excluding tert-OH is 1. The van der Waals surface area contributed by atoms with Gasteiger partial charge in [0.1, 0.15) is 5.75 Å². The number of hydrogen-bond acceptors (Lipinski definition) is 4. The first-order valence-corrected chi connectivity index (χ1v) is 6.19. The maximum atomic E-state index is 11.6. The summed E-state index contributed by atoms with van der Waals surface area (Å²) in [6.45, 7) is 5.65. The van der Waals surface area contributed by atoms with E-state index < -0.39 is 12.2 Å². The van der Waals surface area contributed by atoms with Crippen molar-refractivity contribution in [1.82, 2.24) is 0 Å². The topological polar surface area (TPSA) is 55.8 Å². The van der Waals surface area contributed by atoms with Crippen LogP contribution < -0.4 is 4.74 Å². The average Bonchev–Trinajstić information content (AvgIpc) is 2.36. The molecule has 0 aromatic heterocycles. The molecular weight excluding hydrogens is 232 g/mol. The third kappa shape index (κ3) is 4.04. The van der Waals surface area contributed by atoms with E-state index in [9.17, 15) is 9.90 Å². The third-order valence-electron chi connectivity index (χ3n) is 2.54. The van der Waals surface area contributed by atoms with Gasteiger partial charge in [0.15, 0.2) is 6.10 Å². The van der Waals surface area contributed by atoms with Crippen LogP contribution in [0.4, 0.5) is 0 Å². The van der Waals surface area contributed by atoms with E-state index in [0.29, 0.717) is 18.8 Å². The highest BCUT2D eigenvalue weighted by molar-refractivity contribution is 5.75. The predicted molar refractivity (Wildman–Crippen MR) is 68.4 cm³/mol. The van der Waals surface area contributed by atoms with E-state index in [-0.39, 0.29) is 5.97 Å². The molecule has 0 radical (unpaired) electrons. The van der Waals surface area contributed by atoms with Gasteiger partial charge in [0.25, 0.3) is 0 Å². The molecule has 0 saturated heterocycles. The zero-order valence-electron chi connectivity index (χ0n) is 11.1. The van der Waals surface area contributed by atoms with E-state index in [2.05, 4.69) is 0 Å². The summed E-state index contributed by atoms with van der Waals surface area (Å²) < 4.78 is 10.5. The van der Waals surface area contributed by atoms with Gasteiger partial charge in [-0.15, -0.1) is 0 Å². The number of esters is 1. The minimum Gasteiger partial charge on any atom is -0.479 e. The molecule has 100 valence electrons. The SMILES string of the molecule is CCOC(=O)C(CC)Oc1cccc([C@@H](C)O)c1. The molecule has 1 aromatic carbocycles. The standard InChI is InChI=1S/C14H20O4/c1-4-13(14(16)17-5-2)18-12-8-6-7-11(9-12)10(3)15/h6-10,13,15H,4-5H2,1-3H3/t10-,13?/m1/s1. The van der Waals surface area contributed by atoms with Crippen LogP contribution in [0, 0.1) is 0 Å². The van der Waals surface area contributed by atoms with Crippen molar-refractivity contribution in [2.75, 3.05) is 6.61 Å². The molecule has 0 aliphatic carbocycles. The lowest BCUT2D eigenvalue weighted by molar-refractivity contribution is -0.151. The van der Waals surface area contributed by atoms with Crippen molar-refractivity contribution in [3.8, 4) is 5.75 Å². The fourth-order valence-electron chi connectivity index (χ4n) is 1.55. The largest absolute Gasteiger partial charge is 0.479 e. The van der Waals surface area contributed by atoms with Gasteiger partial charge in [0.05, 0.1) is 12.7 Å². The lowest BCUT2D eigenvalue weighted by Gasteiger charge is -2.16. The molecule has 0 aliphatic rings. The predicted octanol–water partition coefficient (Wildman–Crippen LogP) is 2.46. The molecule has 1 N–H and O–H groups in total. The van der Waals surface area contributed by atoms with Gasteiger partial charge >= 0.3 is 5.97 Å². The first-order valence-electron chi connectivity index (χ1n) is 6.19. The van der Waals surface area contributed by atoms with Crippen LogP contribution in [-0.4, -0.2) is 23.8 Å². The summed E-state index contributed by atoms with van der Waals surface area (Å²) in [5.74, 6) is 0.204. The second kappa shape index (κ2) is 7.01. The van der Waals surface area contributed by atoms with E-state index >= 15 is 0 Å². The summed E-state index contributed by atoms with van der Waals surface area (Å²) >= 11 is 0. The molecular formula is C14H20O4. The van der Waals surface area contributed by atoms with Gasteiger partial charge in [-0.2, -0.15) is 0 Å². The number of carbonyl (C=O) groups excluding carboxylic acids is 1. The molecule has 2 atom stereocenters. The van der Waals surface area contributed by atoms with Crippen LogP contribution in [0.2, 0.25) is 0 Å². The number of ether oxygens (including phenoxy) is 2. The highest BCUT2D eigenvalue weighted by Crippen LogP contribution is 2.20. The molecule has 18 heavy (non-hydrogen) atoms. The van der Waals surface area contributed by atoms with Crippen molar-refractivity contribution in [2.24, 2.45) is 0 Å². The van der Waals surface area contributed by atoms with E-state index in [0.717, 1.165) is 5.56 Å². The van der Waals surface area contributed by atoms with Crippen LogP contribution in [0.5, 0.6) is 5.75 Å². The summed E-state index contributed by atoms with van der Waals surface area (Å²) in [6, 6.07) is 7.08. The zero-order valence-corrected chi connectivity index (χ0v) is 11.1. The van der Waals surface area contributed by atoms with E-state index in [1.54, 1.807) is 32.0 Å². The first kappa shape index (κ1) is 14.5. The Hall–Kier alpha value is -1.55. The minimum absolute atomic E-state index is 0.340. The van der Waals surface area contributed by atoms with E-state index in [4.69, 9.17) is 9.47 Å². The zero-order chi connectivity index (χ0) is 13.5. The fourth-order valence-corrected chi connectivity index (χ4v) is 1.55. The number of hydrogen-bond donors (Lipinski definition) is 1. The molecule has 0 spiro atoms. The molecule has 0 aliphatic heterocycles. The summed E-state index contributed by atoms with van der Waals surface area (Å²) in [5.41, 5.74) is 0.756. The van der Waals surface area contributed by atoms with Gasteiger partial charge < -0.3 is 14.6 Å². The molecule has 0 heterocycles. The van der Waals surface area contributed by atoms with Gasteiger partial charge in [0, 0.05) is 0 Å². The highest BCUT2D eigenvalue weighted by atomic mass is 16.6. The van der Waals surface area contributed by atoms with Crippen molar-refractivity contribution in [3.63, 3.8) is 0 Å². The minimum atomic E-state index is -0.603. The molecule has 1 unspecified atom stereocenters. The van der Waals surface area contributed by atoms with Crippen molar-refractivity contribution in [2.45, 2.75) is 39.4 Å². The number of carbonyl (C=O) groups is 1. The molecule has 0 saturated carbocycles. The van der Waals surface area contributed by atoms with Crippen LogP contribution in [-0.2, 0) is 9.53 Å². The van der Waals surface area contributed by atoms with Gasteiger partial charge in [-0.25, -0.2) is 4.79 Å². The average molecular weight is 252 g/mol. The molecule has 0 amide bonds. The molecule has 0 fully saturated rings. The Morgan fingerprint density at radius 2 is 2.11 bits per heavy atom. The second-order valence-electron chi connectivity index (χ2n) is 4.02. The van der Waals surface area contributed by atoms with E-state index in [1.165, 1.54) is 0 Å². The third-order valence-corrected chi connectivity index (χ3v) is 2.54. The van der Waals surface area contributed by atoms with Crippen LogP contribution in [0.15, 0.2) is 24.3 Å². The Morgan fingerprint density at radius 3 is 2.67 bits per heavy atom. The molecule has 1 rings (SSSR count). The smallest absolute Gasteiger partial charge is 0.347 e. The molecule has 4 nitrogen and oxygen atoms in total. The van der Waals surface area contributed by atoms with Gasteiger partial charge in [-0.1, -0.05) is 19.1 Å². The van der Waals surface area contributed by atoms with Crippen molar-refractivity contribution < 1.29 is 19.4 Å². The van der Waals surface area contributed by atoms with Crippen molar-refractivity contribution in [1.29, 1.82) is 0 Å². The molecule has 4 heteroatoms. The summed E-state index contributed by atoms with van der Waals surface area (Å²) in [5, 5.41) is 9.49. The maximum Gasteiger partial charge on any atom is 0.347 e. The first-order chi connectivity index (χ1) is 8.58. The molecule has 1 aromatic rings. The monoisotopic (exact) mass is 252 g/mol.